The number of nitrogens with zero attached hydrogens (tertiary/aromatic N) is 3. The Morgan fingerprint density at radius 1 is 1.32 bits per heavy atom. The highest BCUT2D eigenvalue weighted by Crippen LogP contribution is 2.29. The number of carbonyl (C=O) groups excluding carboxylic acids is 1. The number of ether oxygens (including phenoxy) is 1. The van der Waals surface area contributed by atoms with E-state index in [-0.39, 0.29) is 5.91 Å². The average molecular weight is 364 g/mol. The molecule has 1 aromatic carbocycles. The van der Waals surface area contributed by atoms with Gasteiger partial charge in [-0.2, -0.15) is 0 Å². The van der Waals surface area contributed by atoms with Gasteiger partial charge < -0.3 is 20.3 Å². The van der Waals surface area contributed by atoms with Crippen LogP contribution in [0.25, 0.3) is 0 Å². The molecule has 8 heteroatoms. The summed E-state index contributed by atoms with van der Waals surface area (Å²) in [6, 6.07) is 6.75. The molecule has 0 bridgehead atoms. The molecule has 134 valence electrons. The first kappa shape index (κ1) is 19.0. The molecule has 0 spiro atoms. The van der Waals surface area contributed by atoms with Gasteiger partial charge in [0.2, 0.25) is 5.95 Å². The molecule has 0 radical (unpaired) electrons. The standard InChI is InChI=1S/C17H22ClN5O2/c1-23(2)10-4-8-19-16(24)13-7-9-20-17(21-13)22-14-11-12(18)5-6-15(14)25-3/h5-7,9,11H,4,8,10H2,1-3H3,(H,19,24)(H,20,21,22). The number of amides is 1. The molecular formula is C17H22ClN5O2. The molecule has 1 aromatic heterocycles. The Morgan fingerprint density at radius 3 is 2.84 bits per heavy atom. The lowest BCUT2D eigenvalue weighted by Gasteiger charge is -2.11. The van der Waals surface area contributed by atoms with Gasteiger partial charge in [-0.05, 0) is 51.3 Å². The number of hydrogen-bond acceptors (Lipinski definition) is 6. The van der Waals surface area contributed by atoms with Gasteiger partial charge in [0.05, 0.1) is 12.8 Å². The predicted octanol–water partition coefficient (Wildman–Crippen LogP) is 2.56. The molecule has 0 aliphatic rings. The quantitative estimate of drug-likeness (QED) is 0.702. The van der Waals surface area contributed by atoms with Crippen LogP contribution >= 0.6 is 11.6 Å². The zero-order chi connectivity index (χ0) is 18.2. The third-order valence-electron chi connectivity index (χ3n) is 3.36. The summed E-state index contributed by atoms with van der Waals surface area (Å²) in [6.45, 7) is 1.50. The first-order valence-corrected chi connectivity index (χ1v) is 8.24. The van der Waals surface area contributed by atoms with Crippen LogP contribution in [-0.4, -0.2) is 55.1 Å². The van der Waals surface area contributed by atoms with E-state index < -0.39 is 0 Å². The van der Waals surface area contributed by atoms with Crippen molar-refractivity contribution in [3.63, 3.8) is 0 Å². The molecule has 2 N–H and O–H groups in total. The number of aromatic nitrogens is 2. The van der Waals surface area contributed by atoms with Crippen LogP contribution in [-0.2, 0) is 0 Å². The molecule has 2 rings (SSSR count). The van der Waals surface area contributed by atoms with Crippen molar-refractivity contribution < 1.29 is 9.53 Å². The zero-order valence-corrected chi connectivity index (χ0v) is 15.3. The second-order valence-electron chi connectivity index (χ2n) is 5.65. The van der Waals surface area contributed by atoms with Crippen molar-refractivity contribution in [1.29, 1.82) is 0 Å². The molecule has 1 heterocycles. The zero-order valence-electron chi connectivity index (χ0n) is 14.5. The van der Waals surface area contributed by atoms with Crippen molar-refractivity contribution in [2.45, 2.75) is 6.42 Å². The van der Waals surface area contributed by atoms with Crippen LogP contribution in [0.3, 0.4) is 0 Å². The van der Waals surface area contributed by atoms with Gasteiger partial charge in [0.1, 0.15) is 11.4 Å². The van der Waals surface area contributed by atoms with E-state index in [1.807, 2.05) is 14.1 Å². The smallest absolute Gasteiger partial charge is 0.270 e. The van der Waals surface area contributed by atoms with Crippen LogP contribution in [0.5, 0.6) is 5.75 Å². The number of nitrogens with one attached hydrogen (secondary N) is 2. The number of rotatable bonds is 8. The van der Waals surface area contributed by atoms with E-state index in [1.165, 1.54) is 6.20 Å². The first-order chi connectivity index (χ1) is 12.0. The van der Waals surface area contributed by atoms with E-state index >= 15 is 0 Å². The van der Waals surface area contributed by atoms with Gasteiger partial charge in [0.25, 0.3) is 5.91 Å². The van der Waals surface area contributed by atoms with E-state index in [4.69, 9.17) is 16.3 Å². The summed E-state index contributed by atoms with van der Waals surface area (Å²) in [6.07, 6.45) is 2.40. The first-order valence-electron chi connectivity index (χ1n) is 7.86. The normalized spacial score (nSPS) is 10.6. The second-order valence-corrected chi connectivity index (χ2v) is 6.08. The van der Waals surface area contributed by atoms with E-state index in [0.29, 0.717) is 34.6 Å². The van der Waals surface area contributed by atoms with Crippen molar-refractivity contribution in [2.24, 2.45) is 0 Å². The van der Waals surface area contributed by atoms with Crippen LogP contribution in [0.15, 0.2) is 30.5 Å². The van der Waals surface area contributed by atoms with Crippen LogP contribution in [0, 0.1) is 0 Å². The Bertz CT molecular complexity index is 724. The summed E-state index contributed by atoms with van der Waals surface area (Å²) in [7, 11) is 5.55. The van der Waals surface area contributed by atoms with Gasteiger partial charge in [-0.3, -0.25) is 4.79 Å². The molecule has 7 nitrogen and oxygen atoms in total. The Labute approximate surface area is 152 Å². The minimum atomic E-state index is -0.234. The van der Waals surface area contributed by atoms with Crippen molar-refractivity contribution in [2.75, 3.05) is 39.6 Å². The number of methoxy groups -OCH3 is 1. The molecule has 0 saturated heterocycles. The fourth-order valence-corrected chi connectivity index (χ4v) is 2.30. The van der Waals surface area contributed by atoms with Crippen molar-refractivity contribution in [3.05, 3.63) is 41.2 Å². The van der Waals surface area contributed by atoms with Crippen LogP contribution in [0.2, 0.25) is 5.02 Å². The van der Waals surface area contributed by atoms with Crippen LogP contribution in [0.4, 0.5) is 11.6 Å². The van der Waals surface area contributed by atoms with E-state index in [0.717, 1.165) is 13.0 Å². The van der Waals surface area contributed by atoms with Gasteiger partial charge in [0.15, 0.2) is 0 Å². The number of carbonyl (C=O) groups is 1. The highest BCUT2D eigenvalue weighted by molar-refractivity contribution is 6.31. The summed E-state index contributed by atoms with van der Waals surface area (Å²) in [5.41, 5.74) is 0.918. The Kier molecular flexibility index (Phi) is 6.97. The fourth-order valence-electron chi connectivity index (χ4n) is 2.13. The molecule has 0 aliphatic heterocycles. The van der Waals surface area contributed by atoms with Gasteiger partial charge in [-0.25, -0.2) is 9.97 Å². The molecule has 25 heavy (non-hydrogen) atoms. The van der Waals surface area contributed by atoms with Crippen molar-refractivity contribution in [1.82, 2.24) is 20.2 Å². The van der Waals surface area contributed by atoms with Gasteiger partial charge >= 0.3 is 0 Å². The third kappa shape index (κ3) is 5.88. The van der Waals surface area contributed by atoms with Crippen LogP contribution < -0.4 is 15.4 Å². The molecule has 0 fully saturated rings. The topological polar surface area (TPSA) is 79.4 Å². The SMILES string of the molecule is COc1ccc(Cl)cc1Nc1nccc(C(=O)NCCCN(C)C)n1. The van der Waals surface area contributed by atoms with Gasteiger partial charge in [0, 0.05) is 17.8 Å². The van der Waals surface area contributed by atoms with E-state index in [2.05, 4.69) is 25.5 Å². The van der Waals surface area contributed by atoms with Crippen molar-refractivity contribution >= 4 is 29.1 Å². The lowest BCUT2D eigenvalue weighted by Crippen LogP contribution is -2.28. The van der Waals surface area contributed by atoms with E-state index in [9.17, 15) is 4.79 Å². The summed E-state index contributed by atoms with van der Waals surface area (Å²) < 4.78 is 5.28. The Hall–Kier alpha value is -2.38. The molecule has 1 amide bonds. The number of anilines is 2. The monoisotopic (exact) mass is 363 g/mol. The maximum atomic E-state index is 12.2. The average Bonchev–Trinajstić information content (AvgIpc) is 2.59. The molecule has 0 aliphatic carbocycles. The fraction of sp³-hybridized carbons (Fsp3) is 0.353. The minimum Gasteiger partial charge on any atom is -0.495 e. The summed E-state index contributed by atoms with van der Waals surface area (Å²) in [5.74, 6) is 0.662. The van der Waals surface area contributed by atoms with Gasteiger partial charge in [-0.15, -0.1) is 0 Å². The molecule has 2 aromatic rings. The lowest BCUT2D eigenvalue weighted by atomic mass is 10.3. The highest BCUT2D eigenvalue weighted by atomic mass is 35.5. The molecular weight excluding hydrogens is 342 g/mol. The van der Waals surface area contributed by atoms with E-state index in [1.54, 1.807) is 31.4 Å². The number of halogens is 1. The predicted molar refractivity (Wildman–Crippen MR) is 98.8 cm³/mol. The summed E-state index contributed by atoms with van der Waals surface area (Å²) in [5, 5.41) is 6.42. The minimum absolute atomic E-state index is 0.234. The molecule has 0 unspecified atom stereocenters. The van der Waals surface area contributed by atoms with Crippen LogP contribution in [0.1, 0.15) is 16.9 Å². The van der Waals surface area contributed by atoms with Gasteiger partial charge in [-0.1, -0.05) is 11.6 Å². The maximum Gasteiger partial charge on any atom is 0.270 e. The largest absolute Gasteiger partial charge is 0.495 e. The lowest BCUT2D eigenvalue weighted by molar-refractivity contribution is 0.0947. The number of hydrogen-bond donors (Lipinski definition) is 2. The maximum absolute atomic E-state index is 12.2. The molecule has 0 atom stereocenters. The Morgan fingerprint density at radius 2 is 2.12 bits per heavy atom. The summed E-state index contributed by atoms with van der Waals surface area (Å²) in [4.78, 5) is 22.6. The third-order valence-corrected chi connectivity index (χ3v) is 3.60. The number of benzene rings is 1. The Balaban J connectivity index is 2.03. The molecule has 0 saturated carbocycles. The summed E-state index contributed by atoms with van der Waals surface area (Å²) >= 11 is 6.01. The second kappa shape index (κ2) is 9.19. The highest BCUT2D eigenvalue weighted by Gasteiger charge is 2.10. The van der Waals surface area contributed by atoms with Crippen molar-refractivity contribution in [3.8, 4) is 5.75 Å².